The van der Waals surface area contributed by atoms with E-state index in [1.54, 1.807) is 37.5 Å². The third-order valence-corrected chi connectivity index (χ3v) is 3.24. The molecule has 0 spiro atoms. The summed E-state index contributed by atoms with van der Waals surface area (Å²) in [4.78, 5) is 16.6. The van der Waals surface area contributed by atoms with Gasteiger partial charge in [0, 0.05) is 5.56 Å². The molecule has 0 N–H and O–H groups in total. The van der Waals surface area contributed by atoms with Crippen molar-refractivity contribution in [2.75, 3.05) is 7.11 Å². The topological polar surface area (TPSA) is 47.9 Å². The van der Waals surface area contributed by atoms with Crippen LogP contribution in [0.3, 0.4) is 0 Å². The molecule has 0 bridgehead atoms. The molecule has 3 rings (SSSR count). The molecular formula is C17H12FNO3. The van der Waals surface area contributed by atoms with E-state index in [4.69, 9.17) is 9.57 Å². The van der Waals surface area contributed by atoms with Gasteiger partial charge in [-0.3, -0.25) is 0 Å². The Morgan fingerprint density at radius 3 is 2.41 bits per heavy atom. The first-order valence-electron chi connectivity index (χ1n) is 6.59. The van der Waals surface area contributed by atoms with Crippen molar-refractivity contribution in [3.05, 3.63) is 71.0 Å². The highest BCUT2D eigenvalue weighted by Crippen LogP contribution is 2.22. The number of halogens is 1. The van der Waals surface area contributed by atoms with Crippen molar-refractivity contribution < 1.29 is 18.8 Å². The van der Waals surface area contributed by atoms with E-state index < -0.39 is 5.97 Å². The minimum absolute atomic E-state index is 0.330. The highest BCUT2D eigenvalue weighted by atomic mass is 19.1. The summed E-state index contributed by atoms with van der Waals surface area (Å²) in [5.74, 6) is -0.158. The summed E-state index contributed by atoms with van der Waals surface area (Å²) in [6.07, 6.45) is 1.68. The zero-order chi connectivity index (χ0) is 15.5. The van der Waals surface area contributed by atoms with Crippen LogP contribution in [0, 0.1) is 5.82 Å². The number of nitrogens with zero attached hydrogens (tertiary/aromatic N) is 1. The number of hydrogen-bond acceptors (Lipinski definition) is 4. The second-order valence-corrected chi connectivity index (χ2v) is 4.66. The lowest BCUT2D eigenvalue weighted by Crippen LogP contribution is -2.06. The van der Waals surface area contributed by atoms with Gasteiger partial charge in [0.25, 0.3) is 0 Å². The predicted octanol–water partition coefficient (Wildman–Crippen LogP) is 3.18. The second kappa shape index (κ2) is 5.81. The quantitative estimate of drug-likeness (QED) is 0.646. The van der Waals surface area contributed by atoms with Crippen molar-refractivity contribution >= 4 is 17.8 Å². The van der Waals surface area contributed by atoms with Gasteiger partial charge in [-0.05, 0) is 48.0 Å². The minimum Gasteiger partial charge on any atom is -0.497 e. The van der Waals surface area contributed by atoms with E-state index in [-0.39, 0.29) is 5.82 Å². The normalized spacial score (nSPS) is 15.6. The Labute approximate surface area is 126 Å². The molecule has 5 heteroatoms. The fraction of sp³-hybridized carbons (Fsp3) is 0.0588. The fourth-order valence-electron chi connectivity index (χ4n) is 2.09. The molecule has 4 nitrogen and oxygen atoms in total. The monoisotopic (exact) mass is 297 g/mol. The molecule has 22 heavy (non-hydrogen) atoms. The molecule has 0 fully saturated rings. The number of oxime groups is 1. The van der Waals surface area contributed by atoms with E-state index >= 15 is 0 Å². The van der Waals surface area contributed by atoms with Gasteiger partial charge in [0.2, 0.25) is 0 Å². The number of benzene rings is 2. The highest BCUT2D eigenvalue weighted by Gasteiger charge is 2.26. The van der Waals surface area contributed by atoms with Gasteiger partial charge in [-0.2, -0.15) is 0 Å². The predicted molar refractivity (Wildman–Crippen MR) is 80.0 cm³/mol. The summed E-state index contributed by atoms with van der Waals surface area (Å²) in [5, 5.41) is 3.78. The molecule has 0 aromatic heterocycles. The average molecular weight is 297 g/mol. The molecular weight excluding hydrogens is 285 g/mol. The van der Waals surface area contributed by atoms with Gasteiger partial charge in [-0.15, -0.1) is 0 Å². The third kappa shape index (κ3) is 2.74. The van der Waals surface area contributed by atoms with E-state index in [9.17, 15) is 9.18 Å². The van der Waals surface area contributed by atoms with Crippen molar-refractivity contribution in [2.24, 2.45) is 5.16 Å². The van der Waals surface area contributed by atoms with Crippen LogP contribution in [-0.2, 0) is 9.63 Å². The maximum atomic E-state index is 13.0. The Bertz CT molecular complexity index is 761. The van der Waals surface area contributed by atoms with Crippen LogP contribution < -0.4 is 4.74 Å². The van der Waals surface area contributed by atoms with Crippen molar-refractivity contribution in [2.45, 2.75) is 0 Å². The Hall–Kier alpha value is -2.95. The molecule has 0 atom stereocenters. The molecule has 0 saturated heterocycles. The smallest absolute Gasteiger partial charge is 0.368 e. The second-order valence-electron chi connectivity index (χ2n) is 4.66. The summed E-state index contributed by atoms with van der Waals surface area (Å²) in [6, 6.07) is 13.0. The van der Waals surface area contributed by atoms with Crippen LogP contribution in [0.4, 0.5) is 4.39 Å². The van der Waals surface area contributed by atoms with Crippen molar-refractivity contribution in [3.8, 4) is 5.75 Å². The lowest BCUT2D eigenvalue weighted by molar-refractivity contribution is -0.136. The number of carbonyl (C=O) groups is 1. The zero-order valence-corrected chi connectivity index (χ0v) is 11.7. The van der Waals surface area contributed by atoms with Gasteiger partial charge in [-0.1, -0.05) is 17.3 Å². The van der Waals surface area contributed by atoms with E-state index in [1.165, 1.54) is 12.1 Å². The maximum absolute atomic E-state index is 13.0. The largest absolute Gasteiger partial charge is 0.497 e. The summed E-state index contributed by atoms with van der Waals surface area (Å²) in [6.45, 7) is 0. The molecule has 0 amide bonds. The van der Waals surface area contributed by atoms with Gasteiger partial charge in [0.1, 0.15) is 17.3 Å². The summed E-state index contributed by atoms with van der Waals surface area (Å²) < 4.78 is 18.1. The van der Waals surface area contributed by atoms with Gasteiger partial charge in [-0.25, -0.2) is 9.18 Å². The first-order valence-corrected chi connectivity index (χ1v) is 6.59. The van der Waals surface area contributed by atoms with Crippen molar-refractivity contribution in [1.82, 2.24) is 0 Å². The number of hydrogen-bond donors (Lipinski definition) is 0. The molecule has 110 valence electrons. The molecule has 0 unspecified atom stereocenters. The number of carbonyl (C=O) groups excluding carboxylic acids is 1. The van der Waals surface area contributed by atoms with E-state index in [2.05, 4.69) is 5.16 Å². The average Bonchev–Trinajstić information content (AvgIpc) is 2.90. The number of ether oxygens (including phenoxy) is 1. The van der Waals surface area contributed by atoms with Crippen LogP contribution in [0.5, 0.6) is 5.75 Å². The van der Waals surface area contributed by atoms with Gasteiger partial charge in [0.05, 0.1) is 12.7 Å². The summed E-state index contributed by atoms with van der Waals surface area (Å²) in [5.41, 5.74) is 2.15. The Kier molecular flexibility index (Phi) is 3.70. The van der Waals surface area contributed by atoms with E-state index in [0.29, 0.717) is 16.8 Å². The molecule has 1 heterocycles. The minimum atomic E-state index is -0.532. The molecule has 0 saturated carbocycles. The molecule has 2 aromatic rings. The van der Waals surface area contributed by atoms with Crippen LogP contribution >= 0.6 is 0 Å². The molecule has 1 aliphatic heterocycles. The van der Waals surface area contributed by atoms with Crippen LogP contribution in [0.15, 0.2) is 59.3 Å². The first-order chi connectivity index (χ1) is 10.7. The lowest BCUT2D eigenvalue weighted by Gasteiger charge is -2.02. The van der Waals surface area contributed by atoms with Crippen molar-refractivity contribution in [1.29, 1.82) is 0 Å². The van der Waals surface area contributed by atoms with E-state index in [0.717, 1.165) is 11.3 Å². The van der Waals surface area contributed by atoms with Crippen LogP contribution in [0.2, 0.25) is 0 Å². The Morgan fingerprint density at radius 1 is 1.09 bits per heavy atom. The number of rotatable bonds is 3. The maximum Gasteiger partial charge on any atom is 0.368 e. The number of methoxy groups -OCH3 is 1. The van der Waals surface area contributed by atoms with Crippen LogP contribution in [0.25, 0.3) is 6.08 Å². The standard InChI is InChI=1S/C17H12FNO3/c1-21-14-8-2-11(3-9-14)10-15-16(19-22-17(15)20)12-4-6-13(18)7-5-12/h2-10H,1H3/b15-10-. The fourth-order valence-corrected chi connectivity index (χ4v) is 2.09. The van der Waals surface area contributed by atoms with Gasteiger partial charge < -0.3 is 9.57 Å². The molecule has 0 radical (unpaired) electrons. The summed E-state index contributed by atoms with van der Waals surface area (Å²) in [7, 11) is 1.58. The Balaban J connectivity index is 1.95. The van der Waals surface area contributed by atoms with Crippen LogP contribution in [-0.4, -0.2) is 18.8 Å². The summed E-state index contributed by atoms with van der Waals surface area (Å²) >= 11 is 0. The molecule has 0 aliphatic carbocycles. The van der Waals surface area contributed by atoms with E-state index in [1.807, 2.05) is 12.1 Å². The Morgan fingerprint density at radius 2 is 1.77 bits per heavy atom. The van der Waals surface area contributed by atoms with Crippen LogP contribution in [0.1, 0.15) is 11.1 Å². The zero-order valence-electron chi connectivity index (χ0n) is 11.7. The third-order valence-electron chi connectivity index (χ3n) is 3.24. The lowest BCUT2D eigenvalue weighted by atomic mass is 10.0. The SMILES string of the molecule is COc1ccc(/C=C2\C(=O)ON=C2c2ccc(F)cc2)cc1. The van der Waals surface area contributed by atoms with Gasteiger partial charge in [0.15, 0.2) is 0 Å². The van der Waals surface area contributed by atoms with Gasteiger partial charge >= 0.3 is 5.97 Å². The first kappa shape index (κ1) is 14.0. The molecule has 1 aliphatic rings. The van der Waals surface area contributed by atoms with Crippen molar-refractivity contribution in [3.63, 3.8) is 0 Å². The molecule has 2 aromatic carbocycles. The highest BCUT2D eigenvalue weighted by molar-refractivity contribution is 6.31.